The summed E-state index contributed by atoms with van der Waals surface area (Å²) >= 11 is 0. The molecule has 118 valence electrons. The van der Waals surface area contributed by atoms with Crippen molar-refractivity contribution in [3.63, 3.8) is 0 Å². The van der Waals surface area contributed by atoms with E-state index in [2.05, 4.69) is 5.32 Å². The van der Waals surface area contributed by atoms with E-state index in [1.807, 2.05) is 0 Å². The highest BCUT2D eigenvalue weighted by molar-refractivity contribution is 5.97. The Morgan fingerprint density at radius 2 is 1.86 bits per heavy atom. The summed E-state index contributed by atoms with van der Waals surface area (Å²) in [5, 5.41) is 2.38. The Kier molecular flexibility index (Phi) is 4.85. The predicted octanol–water partition coefficient (Wildman–Crippen LogP) is 1.31. The van der Waals surface area contributed by atoms with Crippen molar-refractivity contribution in [1.29, 1.82) is 0 Å². The zero-order valence-electron chi connectivity index (χ0n) is 11.8. The molecule has 1 aromatic carbocycles. The van der Waals surface area contributed by atoms with Gasteiger partial charge in [-0.1, -0.05) is 0 Å². The number of halogens is 2. The normalized spacial score (nSPS) is 19.5. The largest absolute Gasteiger partial charge is 0.368 e. The minimum absolute atomic E-state index is 0.00792. The van der Waals surface area contributed by atoms with E-state index in [1.165, 1.54) is 0 Å². The molecule has 1 aromatic rings. The number of nitrogens with one attached hydrogen (secondary N) is 1. The van der Waals surface area contributed by atoms with Crippen LogP contribution >= 0.6 is 0 Å². The maximum atomic E-state index is 13.1. The molecule has 2 amide bonds. The average Bonchev–Trinajstić information content (AvgIpc) is 2.43. The maximum absolute atomic E-state index is 13.1. The van der Waals surface area contributed by atoms with Gasteiger partial charge in [0.1, 0.15) is 23.5 Å². The monoisotopic (exact) mass is 310 g/mol. The third-order valence-electron chi connectivity index (χ3n) is 3.71. The van der Waals surface area contributed by atoms with Crippen molar-refractivity contribution in [3.8, 4) is 0 Å². The van der Waals surface area contributed by atoms with Crippen LogP contribution in [0.1, 0.15) is 36.0 Å². The van der Waals surface area contributed by atoms with Crippen molar-refractivity contribution >= 4 is 17.6 Å². The SMILES string of the molecule is NC(=O)[C@H](NC(=O)c1cc(F)cc(F)c1)[C@@H]1CCCC(=O)C1. The molecule has 1 aliphatic carbocycles. The summed E-state index contributed by atoms with van der Waals surface area (Å²) in [7, 11) is 0. The van der Waals surface area contributed by atoms with E-state index in [4.69, 9.17) is 5.73 Å². The van der Waals surface area contributed by atoms with Crippen LogP contribution in [0.15, 0.2) is 18.2 Å². The molecule has 0 heterocycles. The van der Waals surface area contributed by atoms with Crippen molar-refractivity contribution < 1.29 is 23.2 Å². The van der Waals surface area contributed by atoms with Crippen LogP contribution in [0.5, 0.6) is 0 Å². The Labute approximate surface area is 125 Å². The highest BCUT2D eigenvalue weighted by atomic mass is 19.1. The molecule has 5 nitrogen and oxygen atoms in total. The first-order valence-corrected chi connectivity index (χ1v) is 6.95. The number of hydrogen-bond donors (Lipinski definition) is 2. The molecule has 0 bridgehead atoms. The van der Waals surface area contributed by atoms with E-state index in [0.717, 1.165) is 12.1 Å². The number of amides is 2. The quantitative estimate of drug-likeness (QED) is 0.878. The standard InChI is InChI=1S/C15H16F2N2O3/c16-10-4-9(5-11(17)7-10)15(22)19-13(14(18)21)8-2-1-3-12(20)6-8/h4-5,7-8,13H,1-3,6H2,(H2,18,21)(H,19,22)/t8-,13-/m1/s1. The molecule has 0 radical (unpaired) electrons. The molecule has 0 spiro atoms. The summed E-state index contributed by atoms with van der Waals surface area (Å²) < 4.78 is 26.3. The summed E-state index contributed by atoms with van der Waals surface area (Å²) in [4.78, 5) is 35.1. The van der Waals surface area contributed by atoms with Gasteiger partial charge in [-0.15, -0.1) is 0 Å². The number of Topliss-reactive ketones (excluding diaryl/α,β-unsaturated/α-hetero) is 1. The summed E-state index contributed by atoms with van der Waals surface area (Å²) in [6.45, 7) is 0. The molecular weight excluding hydrogens is 294 g/mol. The van der Waals surface area contributed by atoms with Crippen molar-refractivity contribution in [2.45, 2.75) is 31.7 Å². The second-order valence-electron chi connectivity index (χ2n) is 5.41. The van der Waals surface area contributed by atoms with Crippen molar-refractivity contribution in [3.05, 3.63) is 35.4 Å². The van der Waals surface area contributed by atoms with Crippen molar-refractivity contribution in [2.75, 3.05) is 0 Å². The lowest BCUT2D eigenvalue weighted by atomic mass is 9.82. The van der Waals surface area contributed by atoms with Gasteiger partial charge < -0.3 is 11.1 Å². The van der Waals surface area contributed by atoms with Crippen LogP contribution in [0.3, 0.4) is 0 Å². The second-order valence-corrected chi connectivity index (χ2v) is 5.41. The van der Waals surface area contributed by atoms with Gasteiger partial charge in [-0.3, -0.25) is 14.4 Å². The van der Waals surface area contributed by atoms with E-state index in [-0.39, 0.29) is 23.7 Å². The summed E-state index contributed by atoms with van der Waals surface area (Å²) in [6, 6.07) is 1.33. The van der Waals surface area contributed by atoms with Crippen LogP contribution < -0.4 is 11.1 Å². The number of nitrogens with two attached hydrogens (primary N) is 1. The van der Waals surface area contributed by atoms with Gasteiger partial charge in [-0.2, -0.15) is 0 Å². The van der Waals surface area contributed by atoms with Crippen LogP contribution in [-0.4, -0.2) is 23.6 Å². The highest BCUT2D eigenvalue weighted by Gasteiger charge is 2.32. The molecule has 2 rings (SSSR count). The lowest BCUT2D eigenvalue weighted by Gasteiger charge is -2.28. The van der Waals surface area contributed by atoms with Gasteiger partial charge in [-0.25, -0.2) is 8.78 Å². The Balaban J connectivity index is 2.15. The van der Waals surface area contributed by atoms with E-state index in [0.29, 0.717) is 25.3 Å². The third-order valence-corrected chi connectivity index (χ3v) is 3.71. The molecule has 0 aromatic heterocycles. The minimum atomic E-state index is -1.04. The third kappa shape index (κ3) is 3.87. The van der Waals surface area contributed by atoms with Gasteiger partial charge in [0, 0.05) is 24.5 Å². The summed E-state index contributed by atoms with van der Waals surface area (Å²) in [5.74, 6) is -3.75. The highest BCUT2D eigenvalue weighted by Crippen LogP contribution is 2.24. The fraction of sp³-hybridized carbons (Fsp3) is 0.400. The Hall–Kier alpha value is -2.31. The van der Waals surface area contributed by atoms with Crippen LogP contribution in [0.4, 0.5) is 8.78 Å². The predicted molar refractivity (Wildman–Crippen MR) is 73.8 cm³/mol. The number of primary amides is 1. The smallest absolute Gasteiger partial charge is 0.252 e. The second kappa shape index (κ2) is 6.64. The lowest BCUT2D eigenvalue weighted by Crippen LogP contribution is -2.50. The fourth-order valence-electron chi connectivity index (χ4n) is 2.67. The van der Waals surface area contributed by atoms with Crippen LogP contribution in [0, 0.1) is 17.6 Å². The first-order valence-electron chi connectivity index (χ1n) is 6.95. The average molecular weight is 310 g/mol. The van der Waals surface area contributed by atoms with Crippen molar-refractivity contribution in [1.82, 2.24) is 5.32 Å². The molecule has 7 heteroatoms. The summed E-state index contributed by atoms with van der Waals surface area (Å²) in [6.07, 6.45) is 1.81. The van der Waals surface area contributed by atoms with E-state index >= 15 is 0 Å². The van der Waals surface area contributed by atoms with E-state index in [9.17, 15) is 23.2 Å². The molecule has 1 saturated carbocycles. The molecule has 3 N–H and O–H groups in total. The first-order chi connectivity index (χ1) is 10.4. The molecule has 22 heavy (non-hydrogen) atoms. The Bertz CT molecular complexity index is 599. The number of ketones is 1. The molecule has 1 aliphatic rings. The van der Waals surface area contributed by atoms with Gasteiger partial charge in [0.2, 0.25) is 5.91 Å². The van der Waals surface area contributed by atoms with Gasteiger partial charge in [0.05, 0.1) is 0 Å². The topological polar surface area (TPSA) is 89.3 Å². The first kappa shape index (κ1) is 16.1. The molecule has 0 aliphatic heterocycles. The van der Waals surface area contributed by atoms with Gasteiger partial charge in [0.25, 0.3) is 5.91 Å². The number of hydrogen-bond acceptors (Lipinski definition) is 3. The summed E-state index contributed by atoms with van der Waals surface area (Å²) in [5.41, 5.74) is 5.04. The number of rotatable bonds is 4. The number of benzene rings is 1. The zero-order chi connectivity index (χ0) is 16.3. The van der Waals surface area contributed by atoms with Gasteiger partial charge >= 0.3 is 0 Å². The molecule has 2 atom stereocenters. The van der Waals surface area contributed by atoms with Crippen LogP contribution in [-0.2, 0) is 9.59 Å². The fourth-order valence-corrected chi connectivity index (χ4v) is 2.67. The molecular formula is C15H16F2N2O3. The lowest BCUT2D eigenvalue weighted by molar-refractivity contribution is -0.124. The molecule has 0 saturated heterocycles. The van der Waals surface area contributed by atoms with Gasteiger partial charge in [0.15, 0.2) is 0 Å². The Morgan fingerprint density at radius 1 is 1.23 bits per heavy atom. The minimum Gasteiger partial charge on any atom is -0.368 e. The van der Waals surface area contributed by atoms with Crippen LogP contribution in [0.2, 0.25) is 0 Å². The van der Waals surface area contributed by atoms with E-state index < -0.39 is 29.5 Å². The zero-order valence-corrected chi connectivity index (χ0v) is 11.8. The number of carbonyl (C=O) groups is 3. The Morgan fingerprint density at radius 3 is 2.41 bits per heavy atom. The van der Waals surface area contributed by atoms with Gasteiger partial charge in [-0.05, 0) is 30.9 Å². The maximum Gasteiger partial charge on any atom is 0.252 e. The molecule has 0 unspecified atom stereocenters. The van der Waals surface area contributed by atoms with E-state index in [1.54, 1.807) is 0 Å². The molecule has 1 fully saturated rings. The number of carbonyl (C=O) groups excluding carboxylic acids is 3. The van der Waals surface area contributed by atoms with Crippen LogP contribution in [0.25, 0.3) is 0 Å². The van der Waals surface area contributed by atoms with Crippen molar-refractivity contribution in [2.24, 2.45) is 11.7 Å².